The summed E-state index contributed by atoms with van der Waals surface area (Å²) in [5.74, 6) is -0.489. The van der Waals surface area contributed by atoms with Gasteiger partial charge < -0.3 is 10.1 Å². The second-order valence-corrected chi connectivity index (χ2v) is 7.60. The van der Waals surface area contributed by atoms with Crippen molar-refractivity contribution in [3.63, 3.8) is 0 Å². The summed E-state index contributed by atoms with van der Waals surface area (Å²) in [6, 6.07) is 2.23. The highest BCUT2D eigenvalue weighted by molar-refractivity contribution is 9.10. The molecule has 0 amide bonds. The highest BCUT2D eigenvalue weighted by Crippen LogP contribution is 2.34. The summed E-state index contributed by atoms with van der Waals surface area (Å²) >= 11 is 3.03. The van der Waals surface area contributed by atoms with Crippen LogP contribution in [0.25, 0.3) is 0 Å². The maximum atomic E-state index is 13.8. The van der Waals surface area contributed by atoms with Crippen LogP contribution in [0.3, 0.4) is 0 Å². The van der Waals surface area contributed by atoms with Gasteiger partial charge in [-0.2, -0.15) is 4.31 Å². The van der Waals surface area contributed by atoms with Crippen LogP contribution in [-0.2, 0) is 10.0 Å². The maximum absolute atomic E-state index is 13.8. The molecule has 0 saturated carbocycles. The highest BCUT2D eigenvalue weighted by atomic mass is 79.9. The second kappa shape index (κ2) is 7.92. The summed E-state index contributed by atoms with van der Waals surface area (Å²) in [4.78, 5) is -0.131. The third-order valence-corrected chi connectivity index (χ3v) is 6.14. The van der Waals surface area contributed by atoms with E-state index in [9.17, 15) is 12.8 Å². The number of rotatable bonds is 5. The fourth-order valence-electron chi connectivity index (χ4n) is 2.56. The van der Waals surface area contributed by atoms with Gasteiger partial charge in [0.05, 0.1) is 11.6 Å². The lowest BCUT2D eigenvalue weighted by Gasteiger charge is -2.24. The van der Waals surface area contributed by atoms with Crippen molar-refractivity contribution in [1.82, 2.24) is 9.62 Å². The van der Waals surface area contributed by atoms with Crippen molar-refractivity contribution in [2.24, 2.45) is 0 Å². The van der Waals surface area contributed by atoms with Crippen LogP contribution < -0.4 is 10.1 Å². The second-order valence-electron chi connectivity index (χ2n) is 4.89. The first-order chi connectivity index (χ1) is 9.91. The third kappa shape index (κ3) is 3.73. The van der Waals surface area contributed by atoms with Crippen LogP contribution in [0.4, 0.5) is 4.39 Å². The van der Waals surface area contributed by atoms with Gasteiger partial charge in [0.15, 0.2) is 0 Å². The third-order valence-electron chi connectivity index (χ3n) is 3.56. The normalized spacial score (nSPS) is 19.0. The molecule has 0 spiro atoms. The first kappa shape index (κ1) is 19.6. The molecule has 126 valence electrons. The minimum atomic E-state index is -3.78. The van der Waals surface area contributed by atoms with Gasteiger partial charge in [-0.15, -0.1) is 12.4 Å². The monoisotopic (exact) mass is 416 g/mol. The molecule has 0 bridgehead atoms. The van der Waals surface area contributed by atoms with Gasteiger partial charge in [-0.25, -0.2) is 12.8 Å². The Morgan fingerprint density at radius 3 is 2.77 bits per heavy atom. The van der Waals surface area contributed by atoms with E-state index in [0.717, 1.165) is 18.9 Å². The molecule has 9 heteroatoms. The fourth-order valence-corrected chi connectivity index (χ4v) is 4.73. The Kier molecular flexibility index (Phi) is 7.07. The van der Waals surface area contributed by atoms with Gasteiger partial charge in [0.25, 0.3) is 0 Å². The number of halogens is 3. The molecule has 1 aliphatic heterocycles. The molecule has 1 aliphatic rings. The molecule has 1 saturated heterocycles. The molecule has 5 nitrogen and oxygen atoms in total. The van der Waals surface area contributed by atoms with E-state index >= 15 is 0 Å². The van der Waals surface area contributed by atoms with Crippen LogP contribution >= 0.6 is 28.3 Å². The van der Waals surface area contributed by atoms with Crippen LogP contribution in [0, 0.1) is 5.82 Å². The number of benzene rings is 1. The first-order valence-electron chi connectivity index (χ1n) is 6.61. The summed E-state index contributed by atoms with van der Waals surface area (Å²) in [5.41, 5.74) is 0. The van der Waals surface area contributed by atoms with Crippen molar-refractivity contribution >= 4 is 38.4 Å². The zero-order valence-corrected chi connectivity index (χ0v) is 15.5. The van der Waals surface area contributed by atoms with Crippen molar-refractivity contribution in [3.8, 4) is 5.75 Å². The Bertz CT molecular complexity index is 630. The van der Waals surface area contributed by atoms with Gasteiger partial charge in [-0.1, -0.05) is 0 Å². The lowest BCUT2D eigenvalue weighted by molar-refractivity contribution is 0.369. The molecule has 1 unspecified atom stereocenters. The van der Waals surface area contributed by atoms with E-state index in [1.165, 1.54) is 17.5 Å². The Morgan fingerprint density at radius 2 is 2.18 bits per heavy atom. The maximum Gasteiger partial charge on any atom is 0.247 e. The van der Waals surface area contributed by atoms with E-state index in [2.05, 4.69) is 21.2 Å². The zero-order chi connectivity index (χ0) is 15.6. The molecule has 22 heavy (non-hydrogen) atoms. The number of sulfonamides is 1. The molecule has 0 aliphatic carbocycles. The molecule has 1 fully saturated rings. The van der Waals surface area contributed by atoms with Crippen LogP contribution in [0.1, 0.15) is 12.8 Å². The van der Waals surface area contributed by atoms with E-state index < -0.39 is 15.8 Å². The average Bonchev–Trinajstić information content (AvgIpc) is 2.90. The number of likely N-dealkylation sites (N-methyl/N-ethyl adjacent to an activating group) is 1. The van der Waals surface area contributed by atoms with E-state index in [4.69, 9.17) is 4.74 Å². The van der Waals surface area contributed by atoms with Gasteiger partial charge in [0, 0.05) is 19.1 Å². The van der Waals surface area contributed by atoms with E-state index in [1.807, 2.05) is 0 Å². The summed E-state index contributed by atoms with van der Waals surface area (Å²) in [5, 5.41) is 2.99. The molecular formula is C13H19BrClFN2O3S. The van der Waals surface area contributed by atoms with Crippen molar-refractivity contribution in [1.29, 1.82) is 0 Å². The molecule has 1 atom stereocenters. The Balaban J connectivity index is 0.00000242. The van der Waals surface area contributed by atoms with Crippen LogP contribution in [0.15, 0.2) is 21.5 Å². The Hall–Kier alpha value is -0.410. The molecule has 0 aromatic heterocycles. The lowest BCUT2D eigenvalue weighted by atomic mass is 10.2. The van der Waals surface area contributed by atoms with Gasteiger partial charge in [-0.3, -0.25) is 0 Å². The summed E-state index contributed by atoms with van der Waals surface area (Å²) in [7, 11) is -0.635. The van der Waals surface area contributed by atoms with Gasteiger partial charge in [0.1, 0.15) is 16.5 Å². The smallest absolute Gasteiger partial charge is 0.247 e. The van der Waals surface area contributed by atoms with E-state index in [-0.39, 0.29) is 33.6 Å². The van der Waals surface area contributed by atoms with Crippen molar-refractivity contribution in [3.05, 3.63) is 22.4 Å². The molecule has 0 radical (unpaired) electrons. The van der Waals surface area contributed by atoms with Crippen LogP contribution in [0.5, 0.6) is 5.75 Å². The van der Waals surface area contributed by atoms with Gasteiger partial charge >= 0.3 is 0 Å². The van der Waals surface area contributed by atoms with E-state index in [0.29, 0.717) is 13.1 Å². The molecule has 2 rings (SSSR count). The standard InChI is InChI=1S/C13H18BrFN2O3S.ClH/c1-16-8-9-4-3-5-17(9)21(18,19)13-7-11(15)10(14)6-12(13)20-2;/h6-7,9,16H,3-5,8H2,1-2H3;1H. The molecule has 1 aromatic carbocycles. The Morgan fingerprint density at radius 1 is 1.50 bits per heavy atom. The number of hydrogen-bond donors (Lipinski definition) is 1. The summed E-state index contributed by atoms with van der Waals surface area (Å²) in [6.45, 7) is 1.01. The molecular weight excluding hydrogens is 399 g/mol. The Labute approximate surface area is 144 Å². The minimum absolute atomic E-state index is 0. The minimum Gasteiger partial charge on any atom is -0.495 e. The van der Waals surface area contributed by atoms with Crippen molar-refractivity contribution in [2.75, 3.05) is 27.2 Å². The van der Waals surface area contributed by atoms with Crippen LogP contribution in [0.2, 0.25) is 0 Å². The fraction of sp³-hybridized carbons (Fsp3) is 0.538. The predicted molar refractivity (Wildman–Crippen MR) is 88.7 cm³/mol. The number of hydrogen-bond acceptors (Lipinski definition) is 4. The number of methoxy groups -OCH3 is 1. The van der Waals surface area contributed by atoms with Crippen molar-refractivity contribution in [2.45, 2.75) is 23.8 Å². The largest absolute Gasteiger partial charge is 0.495 e. The zero-order valence-electron chi connectivity index (χ0n) is 12.3. The first-order valence-corrected chi connectivity index (χ1v) is 8.84. The summed E-state index contributed by atoms with van der Waals surface area (Å²) < 4.78 is 46.1. The number of ether oxygens (including phenoxy) is 1. The number of nitrogens with zero attached hydrogens (tertiary/aromatic N) is 1. The summed E-state index contributed by atoms with van der Waals surface area (Å²) in [6.07, 6.45) is 1.59. The molecule has 1 heterocycles. The van der Waals surface area contributed by atoms with Crippen molar-refractivity contribution < 1.29 is 17.5 Å². The lowest BCUT2D eigenvalue weighted by Crippen LogP contribution is -2.40. The quantitative estimate of drug-likeness (QED) is 0.799. The highest BCUT2D eigenvalue weighted by Gasteiger charge is 2.36. The van der Waals surface area contributed by atoms with E-state index in [1.54, 1.807) is 7.05 Å². The van der Waals surface area contributed by atoms with Crippen LogP contribution in [-0.4, -0.2) is 46.0 Å². The molecule has 1 aromatic rings. The van der Waals surface area contributed by atoms with Gasteiger partial charge in [-0.05, 0) is 48.0 Å². The SMILES string of the molecule is CNCC1CCCN1S(=O)(=O)c1cc(F)c(Br)cc1OC.Cl. The number of nitrogens with one attached hydrogen (secondary N) is 1. The van der Waals surface area contributed by atoms with Gasteiger partial charge in [0.2, 0.25) is 10.0 Å². The average molecular weight is 418 g/mol. The molecule has 1 N–H and O–H groups in total. The topological polar surface area (TPSA) is 58.6 Å². The predicted octanol–water partition coefficient (Wildman–Crippen LogP) is 2.39.